The van der Waals surface area contributed by atoms with Crippen LogP contribution in [0.4, 0.5) is 5.69 Å². The molecule has 0 fully saturated rings. The van der Waals surface area contributed by atoms with Crippen LogP contribution in [0.3, 0.4) is 0 Å². The van der Waals surface area contributed by atoms with E-state index in [0.29, 0.717) is 22.7 Å². The van der Waals surface area contributed by atoms with Crippen LogP contribution in [0.1, 0.15) is 19.4 Å². The number of fused-ring (bicyclic) bond motifs is 2. The van der Waals surface area contributed by atoms with E-state index in [2.05, 4.69) is 15.0 Å². The Morgan fingerprint density at radius 2 is 1.87 bits per heavy atom. The summed E-state index contributed by atoms with van der Waals surface area (Å²) >= 11 is 0. The van der Waals surface area contributed by atoms with Gasteiger partial charge in [-0.3, -0.25) is 14.5 Å². The zero-order valence-corrected chi connectivity index (χ0v) is 17.4. The molecule has 162 valence electrons. The number of esters is 1. The minimum atomic E-state index is -3.72. The highest BCUT2D eigenvalue weighted by molar-refractivity contribution is 7.90. The summed E-state index contributed by atoms with van der Waals surface area (Å²) in [6, 6.07) is 10.2. The van der Waals surface area contributed by atoms with Crippen LogP contribution in [0.25, 0.3) is 0 Å². The second-order valence-electron chi connectivity index (χ2n) is 6.89. The van der Waals surface area contributed by atoms with Gasteiger partial charge in [0.05, 0.1) is 4.90 Å². The fourth-order valence-electron chi connectivity index (χ4n) is 3.02. The second kappa shape index (κ2) is 7.91. The number of benzene rings is 2. The van der Waals surface area contributed by atoms with Gasteiger partial charge in [-0.25, -0.2) is 13.2 Å². The van der Waals surface area contributed by atoms with Crippen LogP contribution < -0.4 is 19.5 Å². The van der Waals surface area contributed by atoms with Crippen molar-refractivity contribution in [1.29, 1.82) is 0 Å². The molecule has 0 saturated heterocycles. The van der Waals surface area contributed by atoms with Crippen LogP contribution in [0.15, 0.2) is 52.4 Å². The summed E-state index contributed by atoms with van der Waals surface area (Å²) in [4.78, 5) is 29.0. The highest BCUT2D eigenvalue weighted by Crippen LogP contribution is 2.34. The first-order chi connectivity index (χ1) is 14.7. The molecule has 0 aromatic heterocycles. The molecule has 2 N–H and O–H groups in total. The van der Waals surface area contributed by atoms with Crippen LogP contribution in [0, 0.1) is 0 Å². The lowest BCUT2D eigenvalue weighted by molar-refractivity contribution is -0.153. The lowest BCUT2D eigenvalue weighted by Gasteiger charge is -2.15. The Labute approximate surface area is 178 Å². The maximum atomic E-state index is 12.4. The fourth-order valence-corrected chi connectivity index (χ4v) is 4.26. The van der Waals surface area contributed by atoms with E-state index in [1.807, 2.05) is 0 Å². The SMILES string of the molecule is C[C@@H](N=C1NS(=O)(=O)c2ccccc21)C(=O)O[C@H](C)C(=O)Nc1ccc2c(c1)OCO2. The molecule has 0 radical (unpaired) electrons. The molecule has 0 aliphatic carbocycles. The molecule has 2 aromatic rings. The number of amidine groups is 1. The molecular weight excluding hydrogens is 426 g/mol. The van der Waals surface area contributed by atoms with Gasteiger partial charge in [-0.2, -0.15) is 0 Å². The summed E-state index contributed by atoms with van der Waals surface area (Å²) in [5.41, 5.74) is 0.832. The van der Waals surface area contributed by atoms with E-state index in [1.165, 1.54) is 19.9 Å². The number of anilines is 1. The number of nitrogens with zero attached hydrogens (tertiary/aromatic N) is 1. The van der Waals surface area contributed by atoms with Crippen LogP contribution in [-0.2, 0) is 24.3 Å². The molecule has 2 aliphatic rings. The minimum Gasteiger partial charge on any atom is -0.454 e. The molecule has 0 saturated carbocycles. The molecule has 2 aliphatic heterocycles. The van der Waals surface area contributed by atoms with Gasteiger partial charge < -0.3 is 19.5 Å². The van der Waals surface area contributed by atoms with Crippen LogP contribution in [-0.4, -0.2) is 45.1 Å². The smallest absolute Gasteiger partial charge is 0.331 e. The van der Waals surface area contributed by atoms with Gasteiger partial charge in [0.15, 0.2) is 17.6 Å². The Morgan fingerprint density at radius 3 is 2.68 bits per heavy atom. The predicted molar refractivity (Wildman–Crippen MR) is 110 cm³/mol. The lowest BCUT2D eigenvalue weighted by Crippen LogP contribution is -2.33. The molecule has 0 spiro atoms. The van der Waals surface area contributed by atoms with Gasteiger partial charge >= 0.3 is 5.97 Å². The molecule has 11 heteroatoms. The number of carbonyl (C=O) groups is 2. The number of hydrogen-bond acceptors (Lipinski definition) is 8. The zero-order chi connectivity index (χ0) is 22.2. The third kappa shape index (κ3) is 4.17. The maximum absolute atomic E-state index is 12.4. The third-order valence-electron chi connectivity index (χ3n) is 4.63. The van der Waals surface area contributed by atoms with Crippen molar-refractivity contribution in [3.63, 3.8) is 0 Å². The second-order valence-corrected chi connectivity index (χ2v) is 8.54. The lowest BCUT2D eigenvalue weighted by atomic mass is 10.2. The van der Waals surface area contributed by atoms with Gasteiger partial charge in [-0.05, 0) is 38.1 Å². The third-order valence-corrected chi connectivity index (χ3v) is 6.03. The summed E-state index contributed by atoms with van der Waals surface area (Å²) in [5, 5.41) is 2.63. The van der Waals surface area contributed by atoms with E-state index in [9.17, 15) is 18.0 Å². The molecule has 0 unspecified atom stereocenters. The first-order valence-electron chi connectivity index (χ1n) is 9.35. The summed E-state index contributed by atoms with van der Waals surface area (Å²) in [5.74, 6) is -0.179. The van der Waals surface area contributed by atoms with Gasteiger partial charge in [0.25, 0.3) is 15.9 Å². The monoisotopic (exact) mass is 445 g/mol. The Morgan fingerprint density at radius 1 is 1.13 bits per heavy atom. The van der Waals surface area contributed by atoms with Gasteiger partial charge in [0, 0.05) is 17.3 Å². The standard InChI is InChI=1S/C20H19N3O7S/c1-11(21-18-14-5-3-4-6-17(14)31(26,27)23-18)20(25)30-12(2)19(24)22-13-7-8-15-16(9-13)29-10-28-15/h3-9,11-12H,10H2,1-2H3,(H,21,23)(H,22,24)/t11-,12-/m1/s1. The van der Waals surface area contributed by atoms with Crippen molar-refractivity contribution in [2.75, 3.05) is 12.1 Å². The average molecular weight is 445 g/mol. The number of aliphatic imine (C=N–C) groups is 1. The van der Waals surface area contributed by atoms with Crippen molar-refractivity contribution in [2.45, 2.75) is 30.9 Å². The van der Waals surface area contributed by atoms with Gasteiger partial charge in [-0.15, -0.1) is 0 Å². The number of rotatable bonds is 5. The molecule has 2 heterocycles. The van der Waals surface area contributed by atoms with Gasteiger partial charge in [0.2, 0.25) is 6.79 Å². The molecule has 10 nitrogen and oxygen atoms in total. The van der Waals surface area contributed by atoms with Crippen LogP contribution in [0.5, 0.6) is 11.5 Å². The van der Waals surface area contributed by atoms with Crippen molar-refractivity contribution in [3.8, 4) is 11.5 Å². The fraction of sp³-hybridized carbons (Fsp3) is 0.250. The van der Waals surface area contributed by atoms with Crippen molar-refractivity contribution in [2.24, 2.45) is 4.99 Å². The Balaban J connectivity index is 1.40. The maximum Gasteiger partial charge on any atom is 0.331 e. The van der Waals surface area contributed by atoms with Crippen LogP contribution >= 0.6 is 0 Å². The largest absolute Gasteiger partial charge is 0.454 e. The van der Waals surface area contributed by atoms with E-state index in [4.69, 9.17) is 14.2 Å². The molecule has 2 atom stereocenters. The topological polar surface area (TPSA) is 132 Å². The number of amides is 1. The van der Waals surface area contributed by atoms with E-state index >= 15 is 0 Å². The van der Waals surface area contributed by atoms with E-state index in [-0.39, 0.29) is 17.5 Å². The molecule has 2 aromatic carbocycles. The van der Waals surface area contributed by atoms with Crippen molar-refractivity contribution < 1.29 is 32.2 Å². The summed E-state index contributed by atoms with van der Waals surface area (Å²) < 4.78 is 42.3. The molecule has 4 rings (SSSR count). The number of carbonyl (C=O) groups excluding carboxylic acids is 2. The number of nitrogens with one attached hydrogen (secondary N) is 2. The Hall–Kier alpha value is -3.60. The number of hydrogen-bond donors (Lipinski definition) is 2. The first-order valence-corrected chi connectivity index (χ1v) is 10.8. The number of ether oxygens (including phenoxy) is 3. The van der Waals surface area contributed by atoms with E-state index in [0.717, 1.165) is 0 Å². The van der Waals surface area contributed by atoms with Crippen molar-refractivity contribution >= 4 is 33.4 Å². The van der Waals surface area contributed by atoms with E-state index < -0.39 is 34.0 Å². The Kier molecular flexibility index (Phi) is 5.27. The van der Waals surface area contributed by atoms with Crippen molar-refractivity contribution in [3.05, 3.63) is 48.0 Å². The molecular formula is C20H19N3O7S. The quantitative estimate of drug-likeness (QED) is 0.665. The highest BCUT2D eigenvalue weighted by Gasteiger charge is 2.31. The normalized spacial score (nSPS) is 18.6. The zero-order valence-electron chi connectivity index (χ0n) is 16.6. The summed E-state index contributed by atoms with van der Waals surface area (Å²) in [6.45, 7) is 2.99. The van der Waals surface area contributed by atoms with Gasteiger partial charge in [-0.1, -0.05) is 12.1 Å². The predicted octanol–water partition coefficient (Wildman–Crippen LogP) is 1.41. The first kappa shape index (κ1) is 20.7. The Bertz CT molecular complexity index is 1190. The molecule has 31 heavy (non-hydrogen) atoms. The highest BCUT2D eigenvalue weighted by atomic mass is 32.2. The van der Waals surface area contributed by atoms with Crippen LogP contribution in [0.2, 0.25) is 0 Å². The summed E-state index contributed by atoms with van der Waals surface area (Å²) in [6.07, 6.45) is -1.10. The minimum absolute atomic E-state index is 0.0533. The summed E-state index contributed by atoms with van der Waals surface area (Å²) in [7, 11) is -3.72. The van der Waals surface area contributed by atoms with E-state index in [1.54, 1.807) is 36.4 Å². The van der Waals surface area contributed by atoms with Gasteiger partial charge in [0.1, 0.15) is 11.9 Å². The average Bonchev–Trinajstić information content (AvgIpc) is 3.30. The molecule has 1 amide bonds. The van der Waals surface area contributed by atoms with Crippen molar-refractivity contribution in [1.82, 2.24) is 4.72 Å². The number of sulfonamides is 1. The molecule has 0 bridgehead atoms.